The van der Waals surface area contributed by atoms with Crippen LogP contribution < -0.4 is 0 Å². The van der Waals surface area contributed by atoms with Crippen molar-refractivity contribution in [3.05, 3.63) is 0 Å². The molecule has 0 rings (SSSR count). The largest absolute Gasteiger partial charge is 0.394 e. The minimum atomic E-state index is -0.441. The molecule has 0 heterocycles. The fourth-order valence-electron chi connectivity index (χ4n) is 0.640. The summed E-state index contributed by atoms with van der Waals surface area (Å²) in [6.07, 6.45) is -0.882. The molecule has 0 saturated heterocycles. The molecule has 100 valence electrons. The van der Waals surface area contributed by atoms with Crippen LogP contribution in [0.5, 0.6) is 0 Å². The fourth-order valence-corrected chi connectivity index (χ4v) is 0.640. The van der Waals surface area contributed by atoms with E-state index in [1.807, 2.05) is 0 Å². The summed E-state index contributed by atoms with van der Waals surface area (Å²) >= 11 is 0. The highest BCUT2D eigenvalue weighted by molar-refractivity contribution is 4.45. The van der Waals surface area contributed by atoms with Crippen molar-refractivity contribution in [1.29, 1.82) is 0 Å². The Bertz CT molecular complexity index is 106. The fraction of sp³-hybridized carbons (Fsp3) is 1.00. The second kappa shape index (κ2) is 14.8. The van der Waals surface area contributed by atoms with Gasteiger partial charge in [-0.1, -0.05) is 0 Å². The Labute approximate surface area is 96.4 Å². The predicted molar refractivity (Wildman–Crippen MR) is 59.2 cm³/mol. The average Bonchev–Trinajstić information content (AvgIpc) is 2.18. The van der Waals surface area contributed by atoms with Gasteiger partial charge in [0.05, 0.1) is 51.8 Å². The molecular formula is C10H24O6. The zero-order chi connectivity index (χ0) is 12.8. The van der Waals surface area contributed by atoms with Crippen LogP contribution in [0.1, 0.15) is 13.8 Å². The summed E-state index contributed by atoms with van der Waals surface area (Å²) in [6, 6.07) is 0. The Morgan fingerprint density at radius 2 is 1.19 bits per heavy atom. The Balaban J connectivity index is 0. The maximum atomic E-state index is 8.66. The SMILES string of the molecule is CC(O)COCC(C)O.OCCOCCO. The van der Waals surface area contributed by atoms with Crippen molar-refractivity contribution >= 4 is 0 Å². The molecule has 0 bridgehead atoms. The summed E-state index contributed by atoms with van der Waals surface area (Å²) in [6.45, 7) is 4.57. The van der Waals surface area contributed by atoms with E-state index < -0.39 is 12.2 Å². The third kappa shape index (κ3) is 23.5. The average molecular weight is 240 g/mol. The molecule has 2 atom stereocenters. The molecule has 0 aromatic heterocycles. The molecule has 0 aliphatic rings. The van der Waals surface area contributed by atoms with Gasteiger partial charge in [-0.2, -0.15) is 0 Å². The first-order chi connectivity index (χ1) is 7.54. The van der Waals surface area contributed by atoms with E-state index in [0.717, 1.165) is 0 Å². The Kier molecular flexibility index (Phi) is 16.7. The van der Waals surface area contributed by atoms with Gasteiger partial charge in [0.25, 0.3) is 0 Å². The highest BCUT2D eigenvalue weighted by Crippen LogP contribution is 1.85. The molecule has 0 amide bonds. The van der Waals surface area contributed by atoms with Crippen molar-refractivity contribution in [2.24, 2.45) is 0 Å². The standard InChI is InChI=1S/C6H14O3.C4H10O3/c1-5(7)3-9-4-6(2)8;5-1-3-7-4-2-6/h5-8H,3-4H2,1-2H3;5-6H,1-4H2. The minimum absolute atomic E-state index is 0.0278. The smallest absolute Gasteiger partial charge is 0.0745 e. The van der Waals surface area contributed by atoms with Gasteiger partial charge < -0.3 is 29.9 Å². The molecule has 0 aliphatic carbocycles. The van der Waals surface area contributed by atoms with Crippen LogP contribution in [-0.4, -0.2) is 72.3 Å². The maximum Gasteiger partial charge on any atom is 0.0745 e. The summed E-state index contributed by atoms with van der Waals surface area (Å²) < 4.78 is 9.49. The van der Waals surface area contributed by atoms with Gasteiger partial charge in [-0.15, -0.1) is 0 Å². The number of hydrogen-bond donors (Lipinski definition) is 4. The van der Waals surface area contributed by atoms with Crippen molar-refractivity contribution in [3.8, 4) is 0 Å². The van der Waals surface area contributed by atoms with E-state index in [0.29, 0.717) is 26.4 Å². The van der Waals surface area contributed by atoms with Crippen LogP contribution in [0.4, 0.5) is 0 Å². The second-order valence-corrected chi connectivity index (χ2v) is 3.30. The van der Waals surface area contributed by atoms with Crippen LogP contribution in [0.25, 0.3) is 0 Å². The molecule has 0 aliphatic heterocycles. The molecule has 0 saturated carbocycles. The van der Waals surface area contributed by atoms with Crippen molar-refractivity contribution < 1.29 is 29.9 Å². The first kappa shape index (κ1) is 18.1. The molecule has 0 aromatic carbocycles. The molecule has 16 heavy (non-hydrogen) atoms. The molecule has 0 spiro atoms. The molecule has 0 fully saturated rings. The minimum Gasteiger partial charge on any atom is -0.394 e. The first-order valence-corrected chi connectivity index (χ1v) is 5.27. The van der Waals surface area contributed by atoms with E-state index in [4.69, 9.17) is 25.2 Å². The van der Waals surface area contributed by atoms with Crippen LogP contribution in [0, 0.1) is 0 Å². The van der Waals surface area contributed by atoms with Crippen LogP contribution in [-0.2, 0) is 9.47 Å². The molecule has 0 aromatic rings. The van der Waals surface area contributed by atoms with Gasteiger partial charge in [0.15, 0.2) is 0 Å². The Morgan fingerprint density at radius 3 is 1.44 bits per heavy atom. The van der Waals surface area contributed by atoms with Gasteiger partial charge in [0, 0.05) is 0 Å². The van der Waals surface area contributed by atoms with Gasteiger partial charge in [0.1, 0.15) is 0 Å². The van der Waals surface area contributed by atoms with E-state index in [-0.39, 0.29) is 13.2 Å². The van der Waals surface area contributed by atoms with Crippen molar-refractivity contribution in [2.75, 3.05) is 39.6 Å². The highest BCUT2D eigenvalue weighted by Gasteiger charge is 1.97. The lowest BCUT2D eigenvalue weighted by molar-refractivity contribution is 0.00392. The molecule has 0 radical (unpaired) electrons. The monoisotopic (exact) mass is 240 g/mol. The Morgan fingerprint density at radius 1 is 0.812 bits per heavy atom. The molecule has 4 N–H and O–H groups in total. The van der Waals surface area contributed by atoms with Crippen LogP contribution in [0.2, 0.25) is 0 Å². The van der Waals surface area contributed by atoms with E-state index >= 15 is 0 Å². The van der Waals surface area contributed by atoms with Crippen LogP contribution >= 0.6 is 0 Å². The first-order valence-electron chi connectivity index (χ1n) is 5.27. The third-order valence-electron chi connectivity index (χ3n) is 1.19. The van der Waals surface area contributed by atoms with Gasteiger partial charge in [-0.05, 0) is 13.8 Å². The molecule has 6 nitrogen and oxygen atoms in total. The highest BCUT2D eigenvalue weighted by atomic mass is 16.5. The van der Waals surface area contributed by atoms with Gasteiger partial charge >= 0.3 is 0 Å². The van der Waals surface area contributed by atoms with E-state index in [9.17, 15) is 0 Å². The van der Waals surface area contributed by atoms with Crippen LogP contribution in [0.3, 0.4) is 0 Å². The summed E-state index contributed by atoms with van der Waals surface area (Å²) in [5, 5.41) is 33.5. The lowest BCUT2D eigenvalue weighted by Gasteiger charge is -2.06. The molecule has 6 heteroatoms. The van der Waals surface area contributed by atoms with Gasteiger partial charge in [0.2, 0.25) is 0 Å². The van der Waals surface area contributed by atoms with E-state index in [2.05, 4.69) is 4.74 Å². The zero-order valence-electron chi connectivity index (χ0n) is 10.0. The quantitative estimate of drug-likeness (QED) is 0.396. The maximum absolute atomic E-state index is 8.66. The van der Waals surface area contributed by atoms with Crippen molar-refractivity contribution in [1.82, 2.24) is 0 Å². The summed E-state index contributed by atoms with van der Waals surface area (Å²) in [7, 11) is 0. The molecular weight excluding hydrogens is 216 g/mol. The lowest BCUT2D eigenvalue weighted by atomic mass is 10.4. The summed E-state index contributed by atoms with van der Waals surface area (Å²) in [5.41, 5.74) is 0. The van der Waals surface area contributed by atoms with Crippen LogP contribution in [0.15, 0.2) is 0 Å². The van der Waals surface area contributed by atoms with Gasteiger partial charge in [-0.3, -0.25) is 0 Å². The number of rotatable bonds is 8. The summed E-state index contributed by atoms with van der Waals surface area (Å²) in [4.78, 5) is 0. The normalized spacial score (nSPS) is 13.9. The Hall–Kier alpha value is -0.240. The van der Waals surface area contributed by atoms with Crippen molar-refractivity contribution in [3.63, 3.8) is 0 Å². The number of hydrogen-bond acceptors (Lipinski definition) is 6. The molecule has 2 unspecified atom stereocenters. The number of ether oxygens (including phenoxy) is 2. The van der Waals surface area contributed by atoms with Gasteiger partial charge in [-0.25, -0.2) is 0 Å². The third-order valence-corrected chi connectivity index (χ3v) is 1.19. The van der Waals surface area contributed by atoms with Crippen molar-refractivity contribution in [2.45, 2.75) is 26.1 Å². The van der Waals surface area contributed by atoms with E-state index in [1.165, 1.54) is 0 Å². The topological polar surface area (TPSA) is 99.4 Å². The summed E-state index contributed by atoms with van der Waals surface area (Å²) in [5.74, 6) is 0. The lowest BCUT2D eigenvalue weighted by Crippen LogP contribution is -2.16. The predicted octanol–water partition coefficient (Wildman–Crippen LogP) is -1.25. The van der Waals surface area contributed by atoms with E-state index in [1.54, 1.807) is 13.8 Å². The second-order valence-electron chi connectivity index (χ2n) is 3.30. The number of aliphatic hydroxyl groups is 4. The zero-order valence-corrected chi connectivity index (χ0v) is 10.0. The number of aliphatic hydroxyl groups excluding tert-OH is 4.